The molecule has 0 radical (unpaired) electrons. The number of hydrogen-bond donors (Lipinski definition) is 1. The van der Waals surface area contributed by atoms with Crippen LogP contribution in [-0.4, -0.2) is 25.3 Å². The van der Waals surface area contributed by atoms with Crippen LogP contribution in [0.3, 0.4) is 0 Å². The predicted octanol–water partition coefficient (Wildman–Crippen LogP) is 3.57. The molecular formula is C15H21ClFNO. The van der Waals surface area contributed by atoms with Gasteiger partial charge in [0.2, 0.25) is 0 Å². The van der Waals surface area contributed by atoms with Crippen LogP contribution in [0.25, 0.3) is 0 Å². The first kappa shape index (κ1) is 14.8. The van der Waals surface area contributed by atoms with Crippen LogP contribution in [0.5, 0.6) is 0 Å². The van der Waals surface area contributed by atoms with Crippen molar-refractivity contribution in [3.05, 3.63) is 34.6 Å². The van der Waals surface area contributed by atoms with Gasteiger partial charge in [-0.15, -0.1) is 0 Å². The van der Waals surface area contributed by atoms with Crippen LogP contribution in [0.1, 0.15) is 31.7 Å². The van der Waals surface area contributed by atoms with Gasteiger partial charge in [0.25, 0.3) is 0 Å². The fraction of sp³-hybridized carbons (Fsp3) is 0.600. The molecule has 2 rings (SSSR count). The lowest BCUT2D eigenvalue weighted by atomic mass is 9.99. The molecule has 1 aromatic rings. The summed E-state index contributed by atoms with van der Waals surface area (Å²) in [6, 6.07) is 4.87. The summed E-state index contributed by atoms with van der Waals surface area (Å²) >= 11 is 6.11. The molecule has 4 heteroatoms. The molecule has 1 aromatic carbocycles. The van der Waals surface area contributed by atoms with Gasteiger partial charge in [0, 0.05) is 17.7 Å². The molecule has 1 N–H and O–H groups in total. The fourth-order valence-corrected chi connectivity index (χ4v) is 2.75. The molecule has 0 aliphatic carbocycles. The van der Waals surface area contributed by atoms with Gasteiger partial charge in [-0.2, -0.15) is 0 Å². The second-order valence-electron chi connectivity index (χ2n) is 5.05. The van der Waals surface area contributed by atoms with Gasteiger partial charge in [-0.1, -0.05) is 24.6 Å². The molecule has 19 heavy (non-hydrogen) atoms. The van der Waals surface area contributed by atoms with E-state index in [0.717, 1.165) is 44.4 Å². The third-order valence-electron chi connectivity index (χ3n) is 3.53. The largest absolute Gasteiger partial charge is 0.377 e. The highest BCUT2D eigenvalue weighted by Gasteiger charge is 2.26. The molecule has 1 aliphatic heterocycles. The molecule has 2 nitrogen and oxygen atoms in total. The van der Waals surface area contributed by atoms with Crippen LogP contribution in [0.2, 0.25) is 5.02 Å². The molecule has 0 amide bonds. The predicted molar refractivity (Wildman–Crippen MR) is 76.2 cm³/mol. The molecule has 2 atom stereocenters. The van der Waals surface area contributed by atoms with Crippen molar-refractivity contribution in [3.63, 3.8) is 0 Å². The van der Waals surface area contributed by atoms with E-state index in [9.17, 15) is 4.39 Å². The Hall–Kier alpha value is -0.640. The molecule has 1 aliphatic rings. The first-order chi connectivity index (χ1) is 9.20. The summed E-state index contributed by atoms with van der Waals surface area (Å²) in [7, 11) is 0. The van der Waals surface area contributed by atoms with Gasteiger partial charge >= 0.3 is 0 Å². The third kappa shape index (κ3) is 4.16. The Morgan fingerprint density at radius 2 is 2.37 bits per heavy atom. The van der Waals surface area contributed by atoms with Gasteiger partial charge in [-0.05, 0) is 49.9 Å². The lowest BCUT2D eigenvalue weighted by Crippen LogP contribution is -2.41. The summed E-state index contributed by atoms with van der Waals surface area (Å²) in [6.07, 6.45) is 4.31. The van der Waals surface area contributed by atoms with Crippen molar-refractivity contribution in [2.75, 3.05) is 13.2 Å². The Morgan fingerprint density at radius 1 is 1.53 bits per heavy atom. The Bertz CT molecular complexity index is 407. The molecule has 1 saturated heterocycles. The van der Waals surface area contributed by atoms with Crippen LogP contribution in [-0.2, 0) is 11.2 Å². The summed E-state index contributed by atoms with van der Waals surface area (Å²) in [6.45, 7) is 3.94. The minimum absolute atomic E-state index is 0.243. The average molecular weight is 286 g/mol. The van der Waals surface area contributed by atoms with Gasteiger partial charge in [0.1, 0.15) is 5.82 Å². The van der Waals surface area contributed by atoms with E-state index in [0.29, 0.717) is 5.02 Å². The average Bonchev–Trinajstić information content (AvgIpc) is 2.90. The smallest absolute Gasteiger partial charge is 0.124 e. The summed E-state index contributed by atoms with van der Waals surface area (Å²) in [5, 5.41) is 4.03. The molecule has 0 saturated carbocycles. The van der Waals surface area contributed by atoms with Crippen LogP contribution in [0, 0.1) is 5.82 Å². The highest BCUT2D eigenvalue weighted by molar-refractivity contribution is 6.31. The van der Waals surface area contributed by atoms with Crippen LogP contribution >= 0.6 is 11.6 Å². The minimum Gasteiger partial charge on any atom is -0.377 e. The zero-order valence-corrected chi connectivity index (χ0v) is 12.0. The number of benzene rings is 1. The zero-order valence-electron chi connectivity index (χ0n) is 11.3. The van der Waals surface area contributed by atoms with Crippen LogP contribution in [0.15, 0.2) is 18.2 Å². The van der Waals surface area contributed by atoms with Crippen molar-refractivity contribution in [1.29, 1.82) is 0 Å². The second kappa shape index (κ2) is 7.22. The Kier molecular flexibility index (Phi) is 5.61. The van der Waals surface area contributed by atoms with E-state index in [4.69, 9.17) is 16.3 Å². The van der Waals surface area contributed by atoms with Gasteiger partial charge in [0.15, 0.2) is 0 Å². The summed E-state index contributed by atoms with van der Waals surface area (Å²) in [5.41, 5.74) is 0.979. The van der Waals surface area contributed by atoms with Crippen molar-refractivity contribution >= 4 is 11.6 Å². The van der Waals surface area contributed by atoms with Gasteiger partial charge < -0.3 is 10.1 Å². The fourth-order valence-electron chi connectivity index (χ4n) is 2.51. The normalized spacial score (nSPS) is 20.7. The Morgan fingerprint density at radius 3 is 3.00 bits per heavy atom. The van der Waals surface area contributed by atoms with E-state index in [1.807, 2.05) is 0 Å². The number of rotatable bonds is 6. The van der Waals surface area contributed by atoms with Gasteiger partial charge in [0.05, 0.1) is 6.10 Å². The van der Waals surface area contributed by atoms with Crippen molar-refractivity contribution in [1.82, 2.24) is 5.32 Å². The maximum absolute atomic E-state index is 13.1. The lowest BCUT2D eigenvalue weighted by Gasteiger charge is -2.24. The van der Waals surface area contributed by atoms with Crippen LogP contribution < -0.4 is 5.32 Å². The Labute approximate surface area is 119 Å². The standard InChI is InChI=1S/C15H21ClFNO/c1-2-7-18-14(15-4-3-8-19-15)9-11-5-6-12(17)10-13(11)16/h5-6,10,14-15,18H,2-4,7-9H2,1H3. The van der Waals surface area contributed by atoms with E-state index in [1.54, 1.807) is 6.07 Å². The van der Waals surface area contributed by atoms with Crippen molar-refractivity contribution < 1.29 is 9.13 Å². The molecule has 0 spiro atoms. The van der Waals surface area contributed by atoms with E-state index in [-0.39, 0.29) is 18.0 Å². The SMILES string of the molecule is CCCNC(Cc1ccc(F)cc1Cl)C1CCCO1. The summed E-state index contributed by atoms with van der Waals surface area (Å²) in [4.78, 5) is 0. The minimum atomic E-state index is -0.288. The number of ether oxygens (including phenoxy) is 1. The number of halogens is 2. The highest BCUT2D eigenvalue weighted by atomic mass is 35.5. The molecule has 2 unspecified atom stereocenters. The lowest BCUT2D eigenvalue weighted by molar-refractivity contribution is 0.0784. The molecule has 0 aromatic heterocycles. The summed E-state index contributed by atoms with van der Waals surface area (Å²) < 4.78 is 18.8. The first-order valence-electron chi connectivity index (χ1n) is 6.99. The summed E-state index contributed by atoms with van der Waals surface area (Å²) in [5.74, 6) is -0.288. The van der Waals surface area contributed by atoms with E-state index in [2.05, 4.69) is 12.2 Å². The molecular weight excluding hydrogens is 265 g/mol. The van der Waals surface area contributed by atoms with Crippen molar-refractivity contribution in [3.8, 4) is 0 Å². The quantitative estimate of drug-likeness (QED) is 0.863. The maximum atomic E-state index is 13.1. The van der Waals surface area contributed by atoms with Crippen molar-refractivity contribution in [2.45, 2.75) is 44.8 Å². The maximum Gasteiger partial charge on any atom is 0.124 e. The Balaban J connectivity index is 2.05. The number of hydrogen-bond acceptors (Lipinski definition) is 2. The van der Waals surface area contributed by atoms with E-state index in [1.165, 1.54) is 12.1 Å². The van der Waals surface area contributed by atoms with Gasteiger partial charge in [-0.3, -0.25) is 0 Å². The highest BCUT2D eigenvalue weighted by Crippen LogP contribution is 2.23. The molecule has 0 bridgehead atoms. The molecule has 106 valence electrons. The molecule has 1 fully saturated rings. The molecule has 1 heterocycles. The zero-order chi connectivity index (χ0) is 13.7. The second-order valence-corrected chi connectivity index (χ2v) is 5.46. The van der Waals surface area contributed by atoms with E-state index >= 15 is 0 Å². The van der Waals surface area contributed by atoms with Gasteiger partial charge in [-0.25, -0.2) is 4.39 Å². The number of nitrogens with one attached hydrogen (secondary N) is 1. The van der Waals surface area contributed by atoms with E-state index < -0.39 is 0 Å². The third-order valence-corrected chi connectivity index (χ3v) is 3.88. The first-order valence-corrected chi connectivity index (χ1v) is 7.37. The van der Waals surface area contributed by atoms with Crippen LogP contribution in [0.4, 0.5) is 4.39 Å². The monoisotopic (exact) mass is 285 g/mol. The topological polar surface area (TPSA) is 21.3 Å². The van der Waals surface area contributed by atoms with Crippen molar-refractivity contribution in [2.24, 2.45) is 0 Å².